The van der Waals surface area contributed by atoms with E-state index in [-0.39, 0.29) is 5.60 Å². The highest BCUT2D eigenvalue weighted by Crippen LogP contribution is 2.46. The van der Waals surface area contributed by atoms with Gasteiger partial charge in [-0.2, -0.15) is 0 Å². The second kappa shape index (κ2) is 10.5. The van der Waals surface area contributed by atoms with E-state index in [2.05, 4.69) is 6.92 Å². The molecule has 1 heteroatoms. The molecule has 0 bridgehead atoms. The maximum atomic E-state index is 6.15. The summed E-state index contributed by atoms with van der Waals surface area (Å²) in [7, 11) is 1.99. The fourth-order valence-electron chi connectivity index (χ4n) is 6.68. The van der Waals surface area contributed by atoms with Crippen LogP contribution < -0.4 is 0 Å². The monoisotopic (exact) mass is 362 g/mol. The summed E-state index contributed by atoms with van der Waals surface area (Å²) in [4.78, 5) is 0. The fraction of sp³-hybridized carbons (Fsp3) is 1.00. The van der Waals surface area contributed by atoms with Crippen LogP contribution in [-0.4, -0.2) is 12.7 Å². The van der Waals surface area contributed by atoms with Crippen LogP contribution in [0.5, 0.6) is 0 Å². The van der Waals surface area contributed by atoms with Crippen molar-refractivity contribution in [3.05, 3.63) is 0 Å². The molecule has 3 saturated carbocycles. The molecule has 3 aliphatic rings. The molecule has 0 saturated heterocycles. The number of ether oxygens (including phenoxy) is 1. The smallest absolute Gasteiger partial charge is 0.0706 e. The Balaban J connectivity index is 1.33. The minimum absolute atomic E-state index is 0.264. The summed E-state index contributed by atoms with van der Waals surface area (Å²) >= 11 is 0. The summed E-state index contributed by atoms with van der Waals surface area (Å²) in [6.45, 7) is 2.34. The van der Waals surface area contributed by atoms with Gasteiger partial charge >= 0.3 is 0 Å². The molecule has 3 rings (SSSR count). The second-order valence-corrected chi connectivity index (χ2v) is 10.2. The van der Waals surface area contributed by atoms with Gasteiger partial charge in [0.25, 0.3) is 0 Å². The molecule has 26 heavy (non-hydrogen) atoms. The van der Waals surface area contributed by atoms with Gasteiger partial charge in [0.2, 0.25) is 0 Å². The zero-order chi connectivity index (χ0) is 18.2. The molecular formula is C25H46O. The minimum atomic E-state index is 0.264. The van der Waals surface area contributed by atoms with E-state index in [1.807, 2.05) is 7.11 Å². The molecule has 0 heterocycles. The van der Waals surface area contributed by atoms with Crippen molar-refractivity contribution in [1.82, 2.24) is 0 Å². The van der Waals surface area contributed by atoms with E-state index in [9.17, 15) is 0 Å². The fourth-order valence-corrected chi connectivity index (χ4v) is 6.68. The van der Waals surface area contributed by atoms with E-state index in [1.54, 1.807) is 0 Å². The van der Waals surface area contributed by atoms with Crippen molar-refractivity contribution in [3.8, 4) is 0 Å². The predicted molar refractivity (Wildman–Crippen MR) is 112 cm³/mol. The van der Waals surface area contributed by atoms with E-state index in [1.165, 1.54) is 116 Å². The first-order valence-corrected chi connectivity index (χ1v) is 12.3. The Hall–Kier alpha value is -0.0400. The van der Waals surface area contributed by atoms with Gasteiger partial charge in [-0.05, 0) is 49.4 Å². The van der Waals surface area contributed by atoms with Crippen molar-refractivity contribution < 1.29 is 4.74 Å². The predicted octanol–water partition coefficient (Wildman–Crippen LogP) is 7.92. The lowest BCUT2D eigenvalue weighted by atomic mass is 9.67. The van der Waals surface area contributed by atoms with Crippen molar-refractivity contribution in [2.24, 2.45) is 23.7 Å². The lowest BCUT2D eigenvalue weighted by Gasteiger charge is -2.45. The number of methoxy groups -OCH3 is 1. The highest BCUT2D eigenvalue weighted by atomic mass is 16.5. The number of rotatable bonds is 8. The molecule has 0 radical (unpaired) electrons. The van der Waals surface area contributed by atoms with Gasteiger partial charge in [0, 0.05) is 7.11 Å². The molecule has 0 aliphatic heterocycles. The first-order valence-electron chi connectivity index (χ1n) is 12.3. The van der Waals surface area contributed by atoms with Gasteiger partial charge in [0.15, 0.2) is 0 Å². The minimum Gasteiger partial charge on any atom is -0.378 e. The third-order valence-electron chi connectivity index (χ3n) is 8.61. The molecule has 0 N–H and O–H groups in total. The van der Waals surface area contributed by atoms with Crippen LogP contribution in [0.3, 0.4) is 0 Å². The SMILES string of the molecule is CCCCC1CCC(CCC2CCC(C3(OC)CCCCC3)CC2)CC1. The van der Waals surface area contributed by atoms with Crippen molar-refractivity contribution in [1.29, 1.82) is 0 Å². The Morgan fingerprint density at radius 1 is 0.692 bits per heavy atom. The van der Waals surface area contributed by atoms with Crippen LogP contribution >= 0.6 is 0 Å². The van der Waals surface area contributed by atoms with E-state index in [4.69, 9.17) is 4.74 Å². The quantitative estimate of drug-likeness (QED) is 0.426. The van der Waals surface area contributed by atoms with Crippen molar-refractivity contribution >= 4 is 0 Å². The summed E-state index contributed by atoms with van der Waals surface area (Å²) in [6.07, 6.45) is 26.3. The normalized spacial score (nSPS) is 35.3. The highest BCUT2D eigenvalue weighted by molar-refractivity contribution is 4.93. The third kappa shape index (κ3) is 5.49. The van der Waals surface area contributed by atoms with Crippen LogP contribution in [0, 0.1) is 23.7 Å². The molecule has 0 unspecified atom stereocenters. The van der Waals surface area contributed by atoms with Crippen LogP contribution in [0.1, 0.15) is 122 Å². The summed E-state index contributed by atoms with van der Waals surface area (Å²) in [6, 6.07) is 0. The van der Waals surface area contributed by atoms with Crippen molar-refractivity contribution in [2.45, 2.75) is 128 Å². The first kappa shape index (κ1) is 20.7. The molecule has 3 aliphatic carbocycles. The number of unbranched alkanes of at least 4 members (excludes halogenated alkanes) is 1. The lowest BCUT2D eigenvalue weighted by Crippen LogP contribution is -2.43. The van der Waals surface area contributed by atoms with E-state index >= 15 is 0 Å². The summed E-state index contributed by atoms with van der Waals surface area (Å²) in [5.74, 6) is 4.02. The maximum absolute atomic E-state index is 6.15. The summed E-state index contributed by atoms with van der Waals surface area (Å²) in [5.41, 5.74) is 0.264. The molecule has 0 atom stereocenters. The first-order chi connectivity index (χ1) is 12.8. The number of hydrogen-bond acceptors (Lipinski definition) is 1. The average Bonchev–Trinajstić information content (AvgIpc) is 2.72. The Kier molecular flexibility index (Phi) is 8.35. The largest absolute Gasteiger partial charge is 0.378 e. The molecule has 152 valence electrons. The van der Waals surface area contributed by atoms with E-state index < -0.39 is 0 Å². The zero-order valence-corrected chi connectivity index (χ0v) is 17.9. The van der Waals surface area contributed by atoms with Gasteiger partial charge < -0.3 is 4.74 Å². The average molecular weight is 363 g/mol. The van der Waals surface area contributed by atoms with E-state index in [0.717, 1.165) is 23.7 Å². The Morgan fingerprint density at radius 2 is 1.19 bits per heavy atom. The van der Waals surface area contributed by atoms with Crippen LogP contribution in [0.2, 0.25) is 0 Å². The van der Waals surface area contributed by atoms with Gasteiger partial charge in [-0.1, -0.05) is 96.8 Å². The van der Waals surface area contributed by atoms with Gasteiger partial charge in [-0.15, -0.1) is 0 Å². The lowest BCUT2D eigenvalue weighted by molar-refractivity contribution is -0.0972. The Bertz CT molecular complexity index is 368. The molecular weight excluding hydrogens is 316 g/mol. The standard InChI is InChI=1S/C25H46O/c1-3-4-8-21-9-11-22(12-10-21)13-14-23-15-17-24(18-16-23)25(26-2)19-6-5-7-20-25/h21-24H,3-20H2,1-2H3. The van der Waals surface area contributed by atoms with E-state index in [0.29, 0.717) is 0 Å². The topological polar surface area (TPSA) is 9.23 Å². The summed E-state index contributed by atoms with van der Waals surface area (Å²) < 4.78 is 6.15. The summed E-state index contributed by atoms with van der Waals surface area (Å²) in [5, 5.41) is 0. The van der Waals surface area contributed by atoms with Crippen molar-refractivity contribution in [3.63, 3.8) is 0 Å². The molecule has 0 aromatic carbocycles. The van der Waals surface area contributed by atoms with Gasteiger partial charge in [0.1, 0.15) is 0 Å². The van der Waals surface area contributed by atoms with Crippen LogP contribution in [0.4, 0.5) is 0 Å². The molecule has 0 amide bonds. The highest BCUT2D eigenvalue weighted by Gasteiger charge is 2.41. The zero-order valence-electron chi connectivity index (χ0n) is 17.9. The van der Waals surface area contributed by atoms with Gasteiger partial charge in [0.05, 0.1) is 5.60 Å². The maximum Gasteiger partial charge on any atom is 0.0706 e. The van der Waals surface area contributed by atoms with Crippen LogP contribution in [0.15, 0.2) is 0 Å². The molecule has 0 aromatic rings. The molecule has 3 fully saturated rings. The molecule has 1 nitrogen and oxygen atoms in total. The third-order valence-corrected chi connectivity index (χ3v) is 8.61. The Morgan fingerprint density at radius 3 is 1.69 bits per heavy atom. The van der Waals surface area contributed by atoms with Crippen molar-refractivity contribution in [2.75, 3.05) is 7.11 Å². The van der Waals surface area contributed by atoms with Crippen LogP contribution in [0.25, 0.3) is 0 Å². The Labute approximate surface area is 164 Å². The molecule has 0 aromatic heterocycles. The second-order valence-electron chi connectivity index (χ2n) is 10.2. The van der Waals surface area contributed by atoms with Gasteiger partial charge in [-0.25, -0.2) is 0 Å². The van der Waals surface area contributed by atoms with Crippen LogP contribution in [-0.2, 0) is 4.74 Å². The number of hydrogen-bond donors (Lipinski definition) is 0. The van der Waals surface area contributed by atoms with Gasteiger partial charge in [-0.3, -0.25) is 0 Å². The molecule has 0 spiro atoms.